The molecule has 0 aliphatic carbocycles. The van der Waals surface area contributed by atoms with Crippen molar-refractivity contribution in [2.75, 3.05) is 26.0 Å². The molecule has 1 aromatic heterocycles. The van der Waals surface area contributed by atoms with Gasteiger partial charge in [0.15, 0.2) is 0 Å². The molecule has 0 radical (unpaired) electrons. The van der Waals surface area contributed by atoms with Crippen LogP contribution in [0.5, 0.6) is 0 Å². The highest BCUT2D eigenvalue weighted by molar-refractivity contribution is 5.95. The molecule has 8 heteroatoms. The first-order chi connectivity index (χ1) is 11.0. The SMILES string of the molecule is CNC(C(=O)N(C)CC(=O)Nc1ccccc1)c1cnn(C)c1.Cl. The number of anilines is 1. The van der Waals surface area contributed by atoms with Crippen LogP contribution in [0.1, 0.15) is 11.6 Å². The lowest BCUT2D eigenvalue weighted by Gasteiger charge is -2.22. The maximum Gasteiger partial charge on any atom is 0.244 e. The van der Waals surface area contributed by atoms with E-state index in [1.807, 2.05) is 18.2 Å². The number of nitrogens with zero attached hydrogens (tertiary/aromatic N) is 3. The lowest BCUT2D eigenvalue weighted by molar-refractivity contribution is -0.135. The number of likely N-dealkylation sites (N-methyl/N-ethyl adjacent to an activating group) is 2. The molecule has 24 heavy (non-hydrogen) atoms. The summed E-state index contributed by atoms with van der Waals surface area (Å²) in [6, 6.07) is 8.61. The number of hydrogen-bond acceptors (Lipinski definition) is 4. The monoisotopic (exact) mass is 351 g/mol. The summed E-state index contributed by atoms with van der Waals surface area (Å²) >= 11 is 0. The second kappa shape index (κ2) is 9.05. The van der Waals surface area contributed by atoms with Crippen LogP contribution in [0.15, 0.2) is 42.7 Å². The van der Waals surface area contributed by atoms with Crippen LogP contribution in [0.2, 0.25) is 0 Å². The van der Waals surface area contributed by atoms with Gasteiger partial charge in [-0.1, -0.05) is 18.2 Å². The van der Waals surface area contributed by atoms with Crippen molar-refractivity contribution in [2.24, 2.45) is 7.05 Å². The number of carbonyl (C=O) groups excluding carboxylic acids is 2. The minimum Gasteiger partial charge on any atom is -0.335 e. The Morgan fingerprint density at radius 2 is 1.96 bits per heavy atom. The molecule has 2 N–H and O–H groups in total. The molecule has 1 unspecified atom stereocenters. The van der Waals surface area contributed by atoms with Gasteiger partial charge in [0.25, 0.3) is 0 Å². The number of aromatic nitrogens is 2. The fraction of sp³-hybridized carbons (Fsp3) is 0.312. The van der Waals surface area contributed by atoms with Gasteiger partial charge in [-0.15, -0.1) is 12.4 Å². The number of nitrogens with one attached hydrogen (secondary N) is 2. The van der Waals surface area contributed by atoms with Crippen molar-refractivity contribution in [3.63, 3.8) is 0 Å². The zero-order valence-corrected chi connectivity index (χ0v) is 14.7. The molecule has 2 rings (SSSR count). The molecule has 1 atom stereocenters. The van der Waals surface area contributed by atoms with Crippen molar-refractivity contribution >= 4 is 29.9 Å². The number of para-hydroxylation sites is 1. The summed E-state index contributed by atoms with van der Waals surface area (Å²) in [6.45, 7) is -0.0217. The summed E-state index contributed by atoms with van der Waals surface area (Å²) in [4.78, 5) is 26.0. The Labute approximate surface area is 147 Å². The molecule has 1 heterocycles. The molecule has 130 valence electrons. The number of aryl methyl sites for hydroxylation is 1. The van der Waals surface area contributed by atoms with E-state index in [2.05, 4.69) is 15.7 Å². The first-order valence-electron chi connectivity index (χ1n) is 7.27. The van der Waals surface area contributed by atoms with Crippen LogP contribution < -0.4 is 10.6 Å². The summed E-state index contributed by atoms with van der Waals surface area (Å²) in [6.07, 6.45) is 3.41. The van der Waals surface area contributed by atoms with Crippen molar-refractivity contribution in [1.29, 1.82) is 0 Å². The van der Waals surface area contributed by atoms with Crippen LogP contribution in [0.25, 0.3) is 0 Å². The first kappa shape index (κ1) is 19.7. The molecule has 2 amide bonds. The highest BCUT2D eigenvalue weighted by Crippen LogP contribution is 2.14. The molecule has 0 fully saturated rings. The Balaban J connectivity index is 0.00000288. The zero-order chi connectivity index (χ0) is 16.8. The third kappa shape index (κ3) is 5.07. The van der Waals surface area contributed by atoms with E-state index < -0.39 is 6.04 Å². The lowest BCUT2D eigenvalue weighted by Crippen LogP contribution is -2.41. The maximum absolute atomic E-state index is 12.5. The average Bonchev–Trinajstić information content (AvgIpc) is 2.95. The predicted molar refractivity (Wildman–Crippen MR) is 95.0 cm³/mol. The van der Waals surface area contributed by atoms with Crippen LogP contribution in [0.4, 0.5) is 5.69 Å². The minimum atomic E-state index is -0.529. The molecular weight excluding hydrogens is 330 g/mol. The van der Waals surface area contributed by atoms with Gasteiger partial charge in [-0.2, -0.15) is 5.10 Å². The molecule has 7 nitrogen and oxygen atoms in total. The third-order valence-electron chi connectivity index (χ3n) is 3.41. The van der Waals surface area contributed by atoms with Crippen LogP contribution >= 0.6 is 12.4 Å². The van der Waals surface area contributed by atoms with Gasteiger partial charge in [0.2, 0.25) is 11.8 Å². The normalized spacial score (nSPS) is 11.3. The Morgan fingerprint density at radius 1 is 1.29 bits per heavy atom. The van der Waals surface area contributed by atoms with E-state index >= 15 is 0 Å². The molecule has 0 aliphatic heterocycles. The molecule has 0 bridgehead atoms. The average molecular weight is 352 g/mol. The standard InChI is InChI=1S/C16H21N5O2.ClH/c1-17-15(12-9-18-21(3)10-12)16(23)20(2)11-14(22)19-13-7-5-4-6-8-13;/h4-10,15,17H,11H2,1-3H3,(H,19,22);1H. The van der Waals surface area contributed by atoms with Gasteiger partial charge in [-0.25, -0.2) is 0 Å². The fourth-order valence-corrected chi connectivity index (χ4v) is 2.26. The maximum atomic E-state index is 12.5. The number of halogens is 1. The molecule has 1 aromatic carbocycles. The first-order valence-corrected chi connectivity index (χ1v) is 7.27. The van der Waals surface area contributed by atoms with Crippen LogP contribution in [-0.2, 0) is 16.6 Å². The van der Waals surface area contributed by atoms with Crippen molar-refractivity contribution in [1.82, 2.24) is 20.0 Å². The highest BCUT2D eigenvalue weighted by Gasteiger charge is 2.24. The van der Waals surface area contributed by atoms with Gasteiger partial charge in [0.1, 0.15) is 6.04 Å². The quantitative estimate of drug-likeness (QED) is 0.819. The van der Waals surface area contributed by atoms with E-state index in [-0.39, 0.29) is 30.8 Å². The van der Waals surface area contributed by atoms with E-state index in [1.165, 1.54) is 4.90 Å². The summed E-state index contributed by atoms with van der Waals surface area (Å²) in [7, 11) is 5.10. The van der Waals surface area contributed by atoms with Gasteiger partial charge in [0.05, 0.1) is 12.7 Å². The van der Waals surface area contributed by atoms with Gasteiger partial charge in [-0.05, 0) is 19.2 Å². The molecule has 2 aromatic rings. The van der Waals surface area contributed by atoms with Crippen LogP contribution in [0.3, 0.4) is 0 Å². The largest absolute Gasteiger partial charge is 0.335 e. The van der Waals surface area contributed by atoms with E-state index in [0.29, 0.717) is 5.69 Å². The van der Waals surface area contributed by atoms with E-state index in [4.69, 9.17) is 0 Å². The topological polar surface area (TPSA) is 79.3 Å². The molecule has 0 aliphatic rings. The predicted octanol–water partition coefficient (Wildman–Crippen LogP) is 1.20. The van der Waals surface area contributed by atoms with E-state index in [1.54, 1.807) is 50.4 Å². The molecular formula is C16H22ClN5O2. The van der Waals surface area contributed by atoms with Crippen molar-refractivity contribution in [2.45, 2.75) is 6.04 Å². The summed E-state index contributed by atoms with van der Waals surface area (Å²) in [5.74, 6) is -0.434. The van der Waals surface area contributed by atoms with E-state index in [0.717, 1.165) is 5.56 Å². The van der Waals surface area contributed by atoms with Gasteiger partial charge in [0, 0.05) is 31.5 Å². The minimum absolute atomic E-state index is 0. The fourth-order valence-electron chi connectivity index (χ4n) is 2.26. The van der Waals surface area contributed by atoms with E-state index in [9.17, 15) is 9.59 Å². The number of benzene rings is 1. The second-order valence-corrected chi connectivity index (χ2v) is 5.28. The summed E-state index contributed by atoms with van der Waals surface area (Å²) in [5.41, 5.74) is 1.46. The number of amides is 2. The summed E-state index contributed by atoms with van der Waals surface area (Å²) < 4.78 is 1.63. The number of rotatable bonds is 6. The van der Waals surface area contributed by atoms with Crippen LogP contribution in [0, 0.1) is 0 Å². The highest BCUT2D eigenvalue weighted by atomic mass is 35.5. The van der Waals surface area contributed by atoms with Crippen molar-refractivity contribution in [3.8, 4) is 0 Å². The lowest BCUT2D eigenvalue weighted by atomic mass is 10.1. The molecule has 0 saturated heterocycles. The van der Waals surface area contributed by atoms with Crippen LogP contribution in [-0.4, -0.2) is 47.1 Å². The van der Waals surface area contributed by atoms with Crippen molar-refractivity contribution in [3.05, 3.63) is 48.3 Å². The Hall–Kier alpha value is -2.38. The Bertz CT molecular complexity index is 674. The Kier molecular flexibility index (Phi) is 7.41. The van der Waals surface area contributed by atoms with Gasteiger partial charge in [-0.3, -0.25) is 14.3 Å². The van der Waals surface area contributed by atoms with Gasteiger partial charge >= 0.3 is 0 Å². The molecule has 0 spiro atoms. The Morgan fingerprint density at radius 3 is 2.50 bits per heavy atom. The van der Waals surface area contributed by atoms with Gasteiger partial charge < -0.3 is 15.5 Å². The zero-order valence-electron chi connectivity index (χ0n) is 13.9. The van der Waals surface area contributed by atoms with Crippen molar-refractivity contribution < 1.29 is 9.59 Å². The third-order valence-corrected chi connectivity index (χ3v) is 3.41. The second-order valence-electron chi connectivity index (χ2n) is 5.28. The number of hydrogen-bond donors (Lipinski definition) is 2. The smallest absolute Gasteiger partial charge is 0.244 e. The summed E-state index contributed by atoms with van der Waals surface area (Å²) in [5, 5.41) is 9.79. The number of carbonyl (C=O) groups is 2. The molecule has 0 saturated carbocycles.